The van der Waals surface area contributed by atoms with Crippen LogP contribution < -0.4 is 10.2 Å². The van der Waals surface area contributed by atoms with E-state index in [1.165, 1.54) is 0 Å². The maximum Gasteiger partial charge on any atom is 0.224 e. The first-order valence-electron chi connectivity index (χ1n) is 6.15. The molecule has 0 aromatic carbocycles. The monoisotopic (exact) mass is 316 g/mol. The van der Waals surface area contributed by atoms with Crippen molar-refractivity contribution < 1.29 is 4.74 Å². The summed E-state index contributed by atoms with van der Waals surface area (Å²) in [6.07, 6.45) is 1.78. The number of rotatable bonds is 7. The molecule has 102 valence electrons. The highest BCUT2D eigenvalue weighted by molar-refractivity contribution is 9.10. The lowest BCUT2D eigenvalue weighted by molar-refractivity contribution is 0.181. The maximum absolute atomic E-state index is 5.21. The highest BCUT2D eigenvalue weighted by atomic mass is 79.9. The van der Waals surface area contributed by atoms with E-state index in [9.17, 15) is 0 Å². The molecule has 1 heterocycles. The molecule has 0 aliphatic rings. The molecule has 5 nitrogen and oxygen atoms in total. The van der Waals surface area contributed by atoms with E-state index in [1.807, 2.05) is 6.92 Å². The van der Waals surface area contributed by atoms with E-state index in [0.717, 1.165) is 23.4 Å². The predicted octanol–water partition coefficient (Wildman–Crippen LogP) is 2.53. The van der Waals surface area contributed by atoms with E-state index in [0.29, 0.717) is 12.6 Å². The van der Waals surface area contributed by atoms with Crippen LogP contribution in [-0.2, 0) is 4.74 Å². The van der Waals surface area contributed by atoms with Crippen LogP contribution in [0.2, 0.25) is 0 Å². The summed E-state index contributed by atoms with van der Waals surface area (Å²) in [4.78, 5) is 11.0. The molecule has 0 saturated carbocycles. The zero-order chi connectivity index (χ0) is 13.5. The molecule has 1 rings (SSSR count). The van der Waals surface area contributed by atoms with E-state index in [-0.39, 0.29) is 6.04 Å². The van der Waals surface area contributed by atoms with Gasteiger partial charge in [0.2, 0.25) is 5.95 Å². The Labute approximate surface area is 117 Å². The highest BCUT2D eigenvalue weighted by Crippen LogP contribution is 2.25. The van der Waals surface area contributed by atoms with Gasteiger partial charge >= 0.3 is 0 Å². The number of hydrogen-bond acceptors (Lipinski definition) is 5. The molecule has 18 heavy (non-hydrogen) atoms. The first kappa shape index (κ1) is 15.2. The lowest BCUT2D eigenvalue weighted by Gasteiger charge is -2.29. The molecule has 0 aliphatic heterocycles. The Hall–Kier alpha value is -0.880. The van der Waals surface area contributed by atoms with Gasteiger partial charge in [0.15, 0.2) is 0 Å². The van der Waals surface area contributed by atoms with Crippen molar-refractivity contribution in [2.24, 2.45) is 0 Å². The number of halogens is 1. The van der Waals surface area contributed by atoms with E-state index in [4.69, 9.17) is 4.74 Å². The van der Waals surface area contributed by atoms with Crippen LogP contribution in [0.1, 0.15) is 20.8 Å². The Morgan fingerprint density at radius 3 is 2.78 bits per heavy atom. The van der Waals surface area contributed by atoms with E-state index < -0.39 is 0 Å². The Balaban J connectivity index is 2.99. The average Bonchev–Trinajstić information content (AvgIpc) is 2.34. The molecular formula is C12H21BrN4O. The molecule has 0 amide bonds. The summed E-state index contributed by atoms with van der Waals surface area (Å²) in [5.41, 5.74) is 0. The normalized spacial score (nSPS) is 12.3. The number of methoxy groups -OCH3 is 1. The fourth-order valence-corrected chi connectivity index (χ4v) is 2.22. The van der Waals surface area contributed by atoms with Gasteiger partial charge < -0.3 is 15.0 Å². The van der Waals surface area contributed by atoms with E-state index in [2.05, 4.69) is 50.0 Å². The fourth-order valence-electron chi connectivity index (χ4n) is 1.80. The largest absolute Gasteiger partial charge is 0.383 e. The van der Waals surface area contributed by atoms with Crippen molar-refractivity contribution in [3.8, 4) is 0 Å². The van der Waals surface area contributed by atoms with Crippen LogP contribution in [0.25, 0.3) is 0 Å². The lowest BCUT2D eigenvalue weighted by atomic mass is 10.3. The molecule has 1 N–H and O–H groups in total. The van der Waals surface area contributed by atoms with Gasteiger partial charge in [-0.2, -0.15) is 4.98 Å². The topological polar surface area (TPSA) is 50.3 Å². The van der Waals surface area contributed by atoms with Crippen molar-refractivity contribution >= 4 is 27.7 Å². The minimum absolute atomic E-state index is 0.265. The van der Waals surface area contributed by atoms with Gasteiger partial charge in [-0.1, -0.05) is 0 Å². The average molecular weight is 317 g/mol. The van der Waals surface area contributed by atoms with Crippen LogP contribution >= 0.6 is 15.9 Å². The van der Waals surface area contributed by atoms with Gasteiger partial charge in [0.25, 0.3) is 0 Å². The molecule has 1 atom stereocenters. The molecule has 1 unspecified atom stereocenters. The summed E-state index contributed by atoms with van der Waals surface area (Å²) in [6, 6.07) is 0.265. The number of likely N-dealkylation sites (N-methyl/N-ethyl adjacent to an activating group) is 1. The van der Waals surface area contributed by atoms with Crippen LogP contribution in [0.3, 0.4) is 0 Å². The van der Waals surface area contributed by atoms with Gasteiger partial charge in [-0.25, -0.2) is 4.98 Å². The third-order valence-corrected chi connectivity index (χ3v) is 3.17. The number of nitrogens with zero attached hydrogens (tertiary/aromatic N) is 3. The van der Waals surface area contributed by atoms with Crippen molar-refractivity contribution in [2.75, 3.05) is 37.0 Å². The first-order valence-corrected chi connectivity index (χ1v) is 6.95. The molecule has 0 saturated heterocycles. The summed E-state index contributed by atoms with van der Waals surface area (Å²) in [6.45, 7) is 8.59. The maximum atomic E-state index is 5.21. The highest BCUT2D eigenvalue weighted by Gasteiger charge is 2.17. The molecule has 0 spiro atoms. The van der Waals surface area contributed by atoms with Gasteiger partial charge in [-0.05, 0) is 36.7 Å². The molecular weight excluding hydrogens is 296 g/mol. The molecule has 1 aromatic heterocycles. The smallest absolute Gasteiger partial charge is 0.224 e. The van der Waals surface area contributed by atoms with Crippen LogP contribution in [0, 0.1) is 0 Å². The van der Waals surface area contributed by atoms with Gasteiger partial charge in [-0.15, -0.1) is 0 Å². The zero-order valence-electron chi connectivity index (χ0n) is 11.4. The second-order valence-corrected chi connectivity index (χ2v) is 4.84. The van der Waals surface area contributed by atoms with E-state index >= 15 is 0 Å². The summed E-state index contributed by atoms with van der Waals surface area (Å²) >= 11 is 3.51. The summed E-state index contributed by atoms with van der Waals surface area (Å²) < 4.78 is 6.11. The molecule has 6 heteroatoms. The minimum atomic E-state index is 0.265. The number of anilines is 2. The Bertz CT molecular complexity index is 375. The van der Waals surface area contributed by atoms with Gasteiger partial charge in [0.1, 0.15) is 5.82 Å². The Morgan fingerprint density at radius 2 is 2.22 bits per heavy atom. The van der Waals surface area contributed by atoms with E-state index in [1.54, 1.807) is 13.3 Å². The molecule has 0 radical (unpaired) electrons. The second-order valence-electron chi connectivity index (χ2n) is 3.99. The molecule has 0 bridgehead atoms. The SMILES string of the molecule is CCNc1ncc(Br)c(N(CC)C(C)COC)n1. The van der Waals surface area contributed by atoms with Crippen LogP contribution in [-0.4, -0.2) is 42.8 Å². The Kier molecular flexibility index (Phi) is 6.35. The molecule has 1 aromatic rings. The van der Waals surface area contributed by atoms with Crippen molar-refractivity contribution in [1.82, 2.24) is 9.97 Å². The summed E-state index contributed by atoms with van der Waals surface area (Å²) in [5.74, 6) is 1.55. The van der Waals surface area contributed by atoms with Gasteiger partial charge in [-0.3, -0.25) is 0 Å². The van der Waals surface area contributed by atoms with Crippen LogP contribution in [0.5, 0.6) is 0 Å². The number of nitrogens with one attached hydrogen (secondary N) is 1. The lowest BCUT2D eigenvalue weighted by Crippen LogP contribution is -2.37. The quantitative estimate of drug-likeness (QED) is 0.837. The number of hydrogen-bond donors (Lipinski definition) is 1. The minimum Gasteiger partial charge on any atom is -0.383 e. The second kappa shape index (κ2) is 7.53. The summed E-state index contributed by atoms with van der Waals surface area (Å²) in [7, 11) is 1.71. The number of aromatic nitrogens is 2. The standard InChI is InChI=1S/C12H21BrN4O/c1-5-14-12-15-7-10(13)11(16-12)17(6-2)9(3)8-18-4/h7,9H,5-6,8H2,1-4H3,(H,14,15,16). The third-order valence-electron chi connectivity index (χ3n) is 2.61. The van der Waals surface area contributed by atoms with Crippen molar-refractivity contribution in [2.45, 2.75) is 26.8 Å². The van der Waals surface area contributed by atoms with Crippen LogP contribution in [0.15, 0.2) is 10.7 Å². The third kappa shape index (κ3) is 3.81. The first-order chi connectivity index (χ1) is 8.63. The molecule has 0 fully saturated rings. The molecule has 0 aliphatic carbocycles. The van der Waals surface area contributed by atoms with Crippen LogP contribution in [0.4, 0.5) is 11.8 Å². The van der Waals surface area contributed by atoms with Crippen molar-refractivity contribution in [3.63, 3.8) is 0 Å². The fraction of sp³-hybridized carbons (Fsp3) is 0.667. The zero-order valence-corrected chi connectivity index (χ0v) is 13.0. The number of ether oxygens (including phenoxy) is 1. The van der Waals surface area contributed by atoms with Gasteiger partial charge in [0.05, 0.1) is 17.1 Å². The van der Waals surface area contributed by atoms with Crippen molar-refractivity contribution in [1.29, 1.82) is 0 Å². The Morgan fingerprint density at radius 1 is 1.50 bits per heavy atom. The van der Waals surface area contributed by atoms with Gasteiger partial charge in [0, 0.05) is 26.4 Å². The van der Waals surface area contributed by atoms with Crippen molar-refractivity contribution in [3.05, 3.63) is 10.7 Å². The summed E-state index contributed by atoms with van der Waals surface area (Å²) in [5, 5.41) is 3.12. The predicted molar refractivity (Wildman–Crippen MR) is 78.3 cm³/mol.